The van der Waals surface area contributed by atoms with Gasteiger partial charge in [0.15, 0.2) is 6.29 Å². The number of benzene rings is 2. The molecule has 28 heavy (non-hydrogen) atoms. The standard InChI is InChI=1S/C20H11F6NO/c21-19(22,23)15-7-3-1-5-13(15)17-12(11-28)9-10-27-18(17)14-6-2-4-8-16(14)20(24,25)26/h1-11H. The topological polar surface area (TPSA) is 30.0 Å². The number of nitrogens with zero attached hydrogens (tertiary/aromatic N) is 1. The number of aldehydes is 1. The molecule has 0 unspecified atom stereocenters. The molecule has 0 aliphatic rings. The van der Waals surface area contributed by atoms with Crippen LogP contribution in [-0.2, 0) is 12.4 Å². The average Bonchev–Trinajstić information content (AvgIpc) is 2.66. The summed E-state index contributed by atoms with van der Waals surface area (Å²) >= 11 is 0. The van der Waals surface area contributed by atoms with Crippen molar-refractivity contribution >= 4 is 6.29 Å². The van der Waals surface area contributed by atoms with Crippen molar-refractivity contribution in [2.75, 3.05) is 0 Å². The van der Waals surface area contributed by atoms with E-state index in [1.165, 1.54) is 18.2 Å². The first-order valence-corrected chi connectivity index (χ1v) is 7.92. The van der Waals surface area contributed by atoms with Crippen molar-refractivity contribution in [2.24, 2.45) is 0 Å². The van der Waals surface area contributed by atoms with Gasteiger partial charge in [-0.25, -0.2) is 0 Å². The van der Waals surface area contributed by atoms with Gasteiger partial charge in [-0.15, -0.1) is 0 Å². The number of carbonyl (C=O) groups is 1. The molecule has 0 saturated carbocycles. The Hall–Kier alpha value is -3.16. The van der Waals surface area contributed by atoms with Gasteiger partial charge in [-0.1, -0.05) is 36.4 Å². The molecule has 1 heterocycles. The minimum atomic E-state index is -4.77. The first-order valence-electron chi connectivity index (χ1n) is 7.92. The third-order valence-corrected chi connectivity index (χ3v) is 4.10. The van der Waals surface area contributed by atoms with Gasteiger partial charge in [0.05, 0.1) is 16.8 Å². The Morgan fingerprint density at radius 1 is 0.714 bits per heavy atom. The number of halogens is 6. The van der Waals surface area contributed by atoms with Gasteiger partial charge < -0.3 is 0 Å². The SMILES string of the molecule is O=Cc1ccnc(-c2ccccc2C(F)(F)F)c1-c1ccccc1C(F)(F)F. The number of hydrogen-bond acceptors (Lipinski definition) is 2. The second-order valence-electron chi connectivity index (χ2n) is 5.83. The molecular weight excluding hydrogens is 384 g/mol. The van der Waals surface area contributed by atoms with Gasteiger partial charge in [0, 0.05) is 22.9 Å². The summed E-state index contributed by atoms with van der Waals surface area (Å²) in [4.78, 5) is 15.4. The molecule has 0 fully saturated rings. The lowest BCUT2D eigenvalue weighted by Gasteiger charge is -2.19. The van der Waals surface area contributed by atoms with Crippen LogP contribution in [0.15, 0.2) is 60.8 Å². The molecule has 0 bridgehead atoms. The molecule has 0 amide bonds. The summed E-state index contributed by atoms with van der Waals surface area (Å²) in [5.74, 6) is 0. The maximum absolute atomic E-state index is 13.5. The van der Waals surface area contributed by atoms with E-state index in [-0.39, 0.29) is 16.8 Å². The zero-order valence-electron chi connectivity index (χ0n) is 14.0. The Morgan fingerprint density at radius 2 is 1.21 bits per heavy atom. The number of carbonyl (C=O) groups excluding carboxylic acids is 1. The molecule has 144 valence electrons. The Balaban J connectivity index is 2.41. The van der Waals surface area contributed by atoms with E-state index >= 15 is 0 Å². The van der Waals surface area contributed by atoms with Crippen molar-refractivity contribution in [3.63, 3.8) is 0 Å². The van der Waals surface area contributed by atoms with Crippen LogP contribution in [0.25, 0.3) is 22.4 Å². The molecule has 0 radical (unpaired) electrons. The fourth-order valence-electron chi connectivity index (χ4n) is 2.95. The summed E-state index contributed by atoms with van der Waals surface area (Å²) in [6.45, 7) is 0. The molecule has 0 spiro atoms. The van der Waals surface area contributed by atoms with Crippen molar-refractivity contribution in [2.45, 2.75) is 12.4 Å². The fourth-order valence-corrected chi connectivity index (χ4v) is 2.95. The highest BCUT2D eigenvalue weighted by Crippen LogP contribution is 2.44. The molecule has 0 saturated heterocycles. The molecular formula is C20H11F6NO. The summed E-state index contributed by atoms with van der Waals surface area (Å²) in [5.41, 5.74) is -3.81. The molecule has 0 aliphatic carbocycles. The van der Waals surface area contributed by atoms with E-state index in [2.05, 4.69) is 4.98 Å². The van der Waals surface area contributed by atoms with Gasteiger partial charge in [0.2, 0.25) is 0 Å². The van der Waals surface area contributed by atoms with Crippen LogP contribution < -0.4 is 0 Å². The van der Waals surface area contributed by atoms with Gasteiger partial charge in [0.1, 0.15) is 0 Å². The van der Waals surface area contributed by atoms with Crippen molar-refractivity contribution in [3.8, 4) is 22.4 Å². The van der Waals surface area contributed by atoms with Crippen molar-refractivity contribution in [3.05, 3.63) is 77.5 Å². The average molecular weight is 395 g/mol. The lowest BCUT2D eigenvalue weighted by Crippen LogP contribution is -2.10. The van der Waals surface area contributed by atoms with E-state index in [0.29, 0.717) is 6.29 Å². The smallest absolute Gasteiger partial charge is 0.298 e. The molecule has 1 aromatic heterocycles. The lowest BCUT2D eigenvalue weighted by molar-refractivity contribution is -0.138. The Labute approximate surface area is 155 Å². The van der Waals surface area contributed by atoms with Gasteiger partial charge >= 0.3 is 12.4 Å². The highest BCUT2D eigenvalue weighted by Gasteiger charge is 2.37. The van der Waals surface area contributed by atoms with E-state index in [9.17, 15) is 31.1 Å². The van der Waals surface area contributed by atoms with E-state index in [4.69, 9.17) is 0 Å². The molecule has 0 aliphatic heterocycles. The van der Waals surface area contributed by atoms with Crippen LogP contribution in [0.1, 0.15) is 21.5 Å². The molecule has 3 aromatic rings. The summed E-state index contributed by atoms with van der Waals surface area (Å²) < 4.78 is 80.8. The molecule has 2 nitrogen and oxygen atoms in total. The van der Waals surface area contributed by atoms with Crippen LogP contribution in [-0.4, -0.2) is 11.3 Å². The first-order chi connectivity index (χ1) is 13.1. The largest absolute Gasteiger partial charge is 0.417 e. The van der Waals surface area contributed by atoms with E-state index in [1.54, 1.807) is 0 Å². The van der Waals surface area contributed by atoms with Gasteiger partial charge in [-0.2, -0.15) is 26.3 Å². The van der Waals surface area contributed by atoms with Gasteiger partial charge in [-0.3, -0.25) is 9.78 Å². The third-order valence-electron chi connectivity index (χ3n) is 4.10. The molecule has 0 N–H and O–H groups in total. The first kappa shape index (κ1) is 19.6. The van der Waals surface area contributed by atoms with E-state index < -0.39 is 34.6 Å². The van der Waals surface area contributed by atoms with E-state index in [1.807, 2.05) is 0 Å². The molecule has 2 aromatic carbocycles. The Morgan fingerprint density at radius 3 is 1.75 bits per heavy atom. The predicted octanol–water partition coefficient (Wildman–Crippen LogP) is 6.27. The maximum Gasteiger partial charge on any atom is 0.417 e. The van der Waals surface area contributed by atoms with Crippen LogP contribution in [0.4, 0.5) is 26.3 Å². The maximum atomic E-state index is 13.5. The van der Waals surface area contributed by atoms with E-state index in [0.717, 1.165) is 42.6 Å². The summed E-state index contributed by atoms with van der Waals surface area (Å²) in [6.07, 6.45) is -8.14. The second kappa shape index (κ2) is 7.10. The molecule has 0 atom stereocenters. The van der Waals surface area contributed by atoms with Crippen LogP contribution in [0.2, 0.25) is 0 Å². The number of pyridine rings is 1. The number of aromatic nitrogens is 1. The molecule has 3 rings (SSSR count). The van der Waals surface area contributed by atoms with Crippen molar-refractivity contribution in [1.29, 1.82) is 0 Å². The number of alkyl halides is 6. The van der Waals surface area contributed by atoms with Crippen molar-refractivity contribution < 1.29 is 31.1 Å². The highest BCUT2D eigenvalue weighted by molar-refractivity contribution is 5.95. The fraction of sp³-hybridized carbons (Fsp3) is 0.100. The monoisotopic (exact) mass is 395 g/mol. The van der Waals surface area contributed by atoms with Crippen LogP contribution in [0.5, 0.6) is 0 Å². The van der Waals surface area contributed by atoms with Gasteiger partial charge in [0.25, 0.3) is 0 Å². The number of rotatable bonds is 3. The van der Waals surface area contributed by atoms with Crippen LogP contribution in [0, 0.1) is 0 Å². The Kier molecular flexibility index (Phi) is 4.97. The molecule has 8 heteroatoms. The summed E-state index contributed by atoms with van der Waals surface area (Å²) in [5, 5.41) is 0. The number of hydrogen-bond donors (Lipinski definition) is 0. The van der Waals surface area contributed by atoms with Crippen molar-refractivity contribution in [1.82, 2.24) is 4.98 Å². The summed E-state index contributed by atoms with van der Waals surface area (Å²) in [6, 6.07) is 9.94. The zero-order chi connectivity index (χ0) is 20.5. The van der Waals surface area contributed by atoms with Crippen LogP contribution >= 0.6 is 0 Å². The second-order valence-corrected chi connectivity index (χ2v) is 5.83. The normalized spacial score (nSPS) is 12.1. The van der Waals surface area contributed by atoms with Gasteiger partial charge in [-0.05, 0) is 23.8 Å². The minimum absolute atomic E-state index is 0.196. The summed E-state index contributed by atoms with van der Waals surface area (Å²) in [7, 11) is 0. The zero-order valence-corrected chi connectivity index (χ0v) is 14.0. The third kappa shape index (κ3) is 3.62. The Bertz CT molecular complexity index is 1020. The quantitative estimate of drug-likeness (QED) is 0.387. The lowest BCUT2D eigenvalue weighted by atomic mass is 9.90. The minimum Gasteiger partial charge on any atom is -0.298 e. The predicted molar refractivity (Wildman–Crippen MR) is 90.5 cm³/mol. The highest BCUT2D eigenvalue weighted by atomic mass is 19.4. The van der Waals surface area contributed by atoms with Crippen LogP contribution in [0.3, 0.4) is 0 Å².